The molecule has 2 aromatic carbocycles. The number of allylic oxidation sites excluding steroid dienone is 1. The van der Waals surface area contributed by atoms with Gasteiger partial charge >= 0.3 is 5.97 Å². The summed E-state index contributed by atoms with van der Waals surface area (Å²) in [4.78, 5) is 17.1. The van der Waals surface area contributed by atoms with Crippen LogP contribution in [0.3, 0.4) is 0 Å². The van der Waals surface area contributed by atoms with Gasteiger partial charge in [0.2, 0.25) is 0 Å². The molecule has 0 unspecified atom stereocenters. The lowest BCUT2D eigenvalue weighted by atomic mass is 10.0. The standard InChI is InChI=1S/C19H19NO3.CH4O.CH4/c1-14(2)18(20-23-13-15-8-5-4-6-9-15)16-10-7-11-17(12-16)19(21)22-3;1-2;/h4-12H,1,13H2,2-3H3;2H,1H3;1H4/b20-18+;;. The molecule has 0 amide bonds. The first-order valence-corrected chi connectivity index (χ1v) is 7.65. The second-order valence-electron chi connectivity index (χ2n) is 5.05. The topological polar surface area (TPSA) is 68.1 Å². The fourth-order valence-electron chi connectivity index (χ4n) is 2.03. The highest BCUT2D eigenvalue weighted by Crippen LogP contribution is 2.13. The molecule has 0 radical (unpaired) electrons. The summed E-state index contributed by atoms with van der Waals surface area (Å²) in [6, 6.07) is 16.8. The van der Waals surface area contributed by atoms with Crippen molar-refractivity contribution in [2.45, 2.75) is 21.0 Å². The summed E-state index contributed by atoms with van der Waals surface area (Å²) in [5.74, 6) is -0.391. The number of carbonyl (C=O) groups excluding carboxylic acids is 1. The fraction of sp³-hybridized carbons (Fsp3) is 0.238. The van der Waals surface area contributed by atoms with Gasteiger partial charge in [-0.2, -0.15) is 0 Å². The third kappa shape index (κ3) is 6.91. The molecule has 2 aromatic rings. The molecule has 0 saturated carbocycles. The highest BCUT2D eigenvalue weighted by molar-refractivity contribution is 6.12. The molecule has 5 nitrogen and oxygen atoms in total. The molecule has 1 N–H and O–H groups in total. The number of aliphatic hydroxyl groups is 1. The minimum absolute atomic E-state index is 0. The van der Waals surface area contributed by atoms with Crippen molar-refractivity contribution < 1.29 is 19.5 Å². The maximum absolute atomic E-state index is 11.6. The van der Waals surface area contributed by atoms with Crippen LogP contribution < -0.4 is 0 Å². The minimum Gasteiger partial charge on any atom is -0.465 e. The van der Waals surface area contributed by atoms with Gasteiger partial charge in [0, 0.05) is 12.7 Å². The Bertz CT molecular complexity index is 724. The number of methoxy groups -OCH3 is 1. The predicted octanol–water partition coefficient (Wildman–Crippen LogP) is 4.21. The van der Waals surface area contributed by atoms with Crippen molar-refractivity contribution in [3.8, 4) is 0 Å². The van der Waals surface area contributed by atoms with Crippen molar-refractivity contribution in [1.82, 2.24) is 0 Å². The van der Waals surface area contributed by atoms with Crippen LogP contribution in [0.5, 0.6) is 0 Å². The predicted molar refractivity (Wildman–Crippen MR) is 105 cm³/mol. The number of hydrogen-bond acceptors (Lipinski definition) is 5. The monoisotopic (exact) mass is 357 g/mol. The molecule has 0 aliphatic rings. The lowest BCUT2D eigenvalue weighted by Gasteiger charge is -2.08. The SMILES string of the molecule is C.C=C(C)/C(=N\OCc1ccccc1)c1cccc(C(=O)OC)c1.CO. The van der Waals surface area contributed by atoms with Crippen molar-refractivity contribution >= 4 is 11.7 Å². The Morgan fingerprint density at radius 3 is 2.27 bits per heavy atom. The van der Waals surface area contributed by atoms with Gasteiger partial charge in [0.05, 0.1) is 12.7 Å². The Morgan fingerprint density at radius 2 is 1.69 bits per heavy atom. The lowest BCUT2D eigenvalue weighted by molar-refractivity contribution is 0.0600. The Hall–Kier alpha value is -2.92. The largest absolute Gasteiger partial charge is 0.465 e. The van der Waals surface area contributed by atoms with Crippen LogP contribution in [-0.2, 0) is 16.2 Å². The summed E-state index contributed by atoms with van der Waals surface area (Å²) in [7, 11) is 2.35. The van der Waals surface area contributed by atoms with Crippen molar-refractivity contribution in [2.75, 3.05) is 14.2 Å². The molecule has 0 aliphatic carbocycles. The maximum atomic E-state index is 11.6. The number of ether oxygens (including phenoxy) is 1. The number of nitrogens with zero attached hydrogens (tertiary/aromatic N) is 1. The molecule has 0 atom stereocenters. The number of oxime groups is 1. The molecule has 26 heavy (non-hydrogen) atoms. The van der Waals surface area contributed by atoms with E-state index in [4.69, 9.17) is 14.7 Å². The summed E-state index contributed by atoms with van der Waals surface area (Å²) in [6.45, 7) is 6.14. The van der Waals surface area contributed by atoms with Crippen LogP contribution >= 0.6 is 0 Å². The maximum Gasteiger partial charge on any atom is 0.337 e. The average Bonchev–Trinajstić information content (AvgIpc) is 2.67. The van der Waals surface area contributed by atoms with E-state index in [0.29, 0.717) is 17.9 Å². The van der Waals surface area contributed by atoms with Gasteiger partial charge in [-0.15, -0.1) is 0 Å². The molecule has 0 spiro atoms. The molecule has 0 fully saturated rings. The van der Waals surface area contributed by atoms with Gasteiger partial charge in [-0.3, -0.25) is 0 Å². The molecule has 0 aromatic heterocycles. The van der Waals surface area contributed by atoms with E-state index in [2.05, 4.69) is 11.7 Å². The van der Waals surface area contributed by atoms with Crippen LogP contribution in [0.1, 0.15) is 35.8 Å². The number of aliphatic hydroxyl groups excluding tert-OH is 1. The second kappa shape index (κ2) is 12.4. The number of esters is 1. The third-order valence-corrected chi connectivity index (χ3v) is 3.19. The summed E-state index contributed by atoms with van der Waals surface area (Å²) < 4.78 is 4.74. The first-order valence-electron chi connectivity index (χ1n) is 7.65. The van der Waals surface area contributed by atoms with E-state index in [1.165, 1.54) is 7.11 Å². The van der Waals surface area contributed by atoms with Crippen molar-refractivity contribution in [3.63, 3.8) is 0 Å². The van der Waals surface area contributed by atoms with Crippen molar-refractivity contribution in [2.24, 2.45) is 5.16 Å². The first-order chi connectivity index (χ1) is 12.1. The van der Waals surface area contributed by atoms with Crippen molar-refractivity contribution in [1.29, 1.82) is 0 Å². The Labute approximate surface area is 155 Å². The summed E-state index contributed by atoms with van der Waals surface area (Å²) in [5.41, 5.74) is 3.60. The second-order valence-corrected chi connectivity index (χ2v) is 5.05. The van der Waals surface area contributed by atoms with Gasteiger partial charge in [-0.05, 0) is 30.2 Å². The van der Waals surface area contributed by atoms with Gasteiger partial charge < -0.3 is 14.7 Å². The number of benzene rings is 2. The Balaban J connectivity index is 0.00000201. The molecule has 0 aliphatic heterocycles. The van der Waals surface area contributed by atoms with E-state index >= 15 is 0 Å². The molecule has 0 bridgehead atoms. The Morgan fingerprint density at radius 1 is 1.08 bits per heavy atom. The van der Waals surface area contributed by atoms with Crippen LogP contribution in [0.25, 0.3) is 0 Å². The zero-order valence-electron chi connectivity index (χ0n) is 14.7. The zero-order chi connectivity index (χ0) is 18.7. The number of rotatable bonds is 6. The quantitative estimate of drug-likeness (QED) is 0.478. The smallest absolute Gasteiger partial charge is 0.337 e. The zero-order valence-corrected chi connectivity index (χ0v) is 14.7. The molecular weight excluding hydrogens is 330 g/mol. The van der Waals surface area contributed by atoms with Gasteiger partial charge in [-0.25, -0.2) is 4.79 Å². The average molecular weight is 357 g/mol. The van der Waals surface area contributed by atoms with E-state index in [-0.39, 0.29) is 7.43 Å². The van der Waals surface area contributed by atoms with Gasteiger partial charge in [0.1, 0.15) is 12.3 Å². The third-order valence-electron chi connectivity index (χ3n) is 3.19. The van der Waals surface area contributed by atoms with Crippen LogP contribution in [0.2, 0.25) is 0 Å². The van der Waals surface area contributed by atoms with Crippen LogP contribution in [0.4, 0.5) is 0 Å². The molecule has 0 heterocycles. The summed E-state index contributed by atoms with van der Waals surface area (Å²) >= 11 is 0. The van der Waals surface area contributed by atoms with E-state index in [1.54, 1.807) is 18.2 Å². The molecule has 2 rings (SSSR count). The summed E-state index contributed by atoms with van der Waals surface area (Å²) in [5, 5.41) is 11.2. The van der Waals surface area contributed by atoms with Gasteiger partial charge in [0.15, 0.2) is 0 Å². The van der Waals surface area contributed by atoms with E-state index in [1.807, 2.05) is 43.3 Å². The number of hydrogen-bond donors (Lipinski definition) is 1. The molecule has 5 heteroatoms. The molecule has 0 saturated heterocycles. The van der Waals surface area contributed by atoms with E-state index in [9.17, 15) is 4.79 Å². The highest BCUT2D eigenvalue weighted by atomic mass is 16.6. The molecular formula is C21H27NO4. The minimum atomic E-state index is -0.391. The van der Waals surface area contributed by atoms with Crippen LogP contribution in [-0.4, -0.2) is 31.0 Å². The normalized spacial score (nSPS) is 9.92. The number of carbonyl (C=O) groups is 1. The van der Waals surface area contributed by atoms with Gasteiger partial charge in [0.25, 0.3) is 0 Å². The van der Waals surface area contributed by atoms with Crippen LogP contribution in [0, 0.1) is 0 Å². The lowest BCUT2D eigenvalue weighted by Crippen LogP contribution is -2.07. The van der Waals surface area contributed by atoms with E-state index in [0.717, 1.165) is 23.8 Å². The highest BCUT2D eigenvalue weighted by Gasteiger charge is 2.10. The first kappa shape index (κ1) is 23.1. The summed E-state index contributed by atoms with van der Waals surface area (Å²) in [6.07, 6.45) is 0. The molecule has 140 valence electrons. The van der Waals surface area contributed by atoms with Crippen molar-refractivity contribution in [3.05, 3.63) is 83.4 Å². The van der Waals surface area contributed by atoms with Gasteiger partial charge in [-0.1, -0.05) is 61.6 Å². The van der Waals surface area contributed by atoms with E-state index < -0.39 is 5.97 Å². The fourth-order valence-corrected chi connectivity index (χ4v) is 2.03. The van der Waals surface area contributed by atoms with Crippen LogP contribution in [0.15, 0.2) is 71.9 Å². The Kier molecular flexibility index (Phi) is 11.0.